The summed E-state index contributed by atoms with van der Waals surface area (Å²) in [6, 6.07) is 8.16. The Kier molecular flexibility index (Phi) is 8.61. The molecule has 2 aromatic rings. The molecule has 1 saturated carbocycles. The molecule has 0 unspecified atom stereocenters. The summed E-state index contributed by atoms with van der Waals surface area (Å²) in [6.07, 6.45) is 8.36. The van der Waals surface area contributed by atoms with Gasteiger partial charge in [0.25, 0.3) is 5.91 Å². The summed E-state index contributed by atoms with van der Waals surface area (Å²) in [4.78, 5) is 34.5. The first-order valence-electron chi connectivity index (χ1n) is 13.0. The van der Waals surface area contributed by atoms with Crippen LogP contribution < -0.4 is 20.1 Å². The Morgan fingerprint density at radius 2 is 1.89 bits per heavy atom. The number of amides is 1. The molecule has 3 N–H and O–H groups in total. The van der Waals surface area contributed by atoms with Crippen LogP contribution in [0.3, 0.4) is 0 Å². The molecule has 0 saturated heterocycles. The number of aliphatic carboxylic acids is 1. The second-order valence-corrected chi connectivity index (χ2v) is 9.69. The Labute approximate surface area is 212 Å². The van der Waals surface area contributed by atoms with Gasteiger partial charge in [0.05, 0.1) is 13.2 Å². The maximum Gasteiger partial charge on any atom is 0.321 e. The van der Waals surface area contributed by atoms with Gasteiger partial charge >= 0.3 is 12.0 Å². The molecule has 194 valence electrons. The van der Waals surface area contributed by atoms with Crippen molar-refractivity contribution in [2.45, 2.75) is 70.6 Å². The number of nitrogen functional groups attached to an aromatic ring is 1. The molecule has 0 radical (unpaired) electrons. The van der Waals surface area contributed by atoms with Crippen molar-refractivity contribution in [3.63, 3.8) is 0 Å². The van der Waals surface area contributed by atoms with E-state index in [1.165, 1.54) is 5.56 Å². The van der Waals surface area contributed by atoms with Gasteiger partial charge in [-0.25, -0.2) is 0 Å². The van der Waals surface area contributed by atoms with Crippen molar-refractivity contribution in [2.24, 2.45) is 5.92 Å². The Morgan fingerprint density at radius 1 is 1.14 bits per heavy atom. The van der Waals surface area contributed by atoms with E-state index in [4.69, 9.17) is 20.3 Å². The number of unbranched alkanes of at least 4 members (excludes halogenated alkanes) is 3. The Morgan fingerprint density at radius 3 is 2.58 bits per heavy atom. The summed E-state index contributed by atoms with van der Waals surface area (Å²) >= 11 is 0. The fraction of sp³-hybridized carbons (Fsp3) is 0.556. The third-order valence-electron chi connectivity index (χ3n) is 7.11. The Bertz CT molecular complexity index is 1050. The predicted octanol–water partition coefficient (Wildman–Crippen LogP) is 4.81. The minimum atomic E-state index is -0.715. The van der Waals surface area contributed by atoms with E-state index in [2.05, 4.69) is 29.0 Å². The average Bonchev–Trinajstić information content (AvgIpc) is 3.03. The zero-order chi connectivity index (χ0) is 25.5. The fourth-order valence-electron chi connectivity index (χ4n) is 5.09. The molecule has 0 bridgehead atoms. The number of hydrogen-bond acceptors (Lipinski definition) is 7. The molecule has 1 fully saturated rings. The number of hydrogen-bond donors (Lipinski definition) is 2. The largest absolute Gasteiger partial charge is 0.481 e. The normalized spacial score (nSPS) is 19.8. The van der Waals surface area contributed by atoms with Gasteiger partial charge in [-0.15, -0.1) is 0 Å². The number of carbonyl (C=O) groups excluding carboxylic acids is 1. The molecular weight excluding hydrogens is 460 g/mol. The second-order valence-electron chi connectivity index (χ2n) is 9.69. The standard InChI is InChI=1S/C27H36N4O5/c1-2-3-4-5-15-36-27-29-24(28)23-25(30-27)35-16-14-31(26(23)34)21-12-10-20(11-13-21)19-8-6-18(7-9-19)17-22(32)33/h10-13,18-19H,2-9,14-17H2,1H3,(H,32,33)(H2,28,29,30). The molecule has 9 nitrogen and oxygen atoms in total. The van der Waals surface area contributed by atoms with Gasteiger partial charge in [-0.2, -0.15) is 9.97 Å². The molecule has 9 heteroatoms. The summed E-state index contributed by atoms with van der Waals surface area (Å²) in [5, 5.41) is 9.03. The molecular formula is C27H36N4O5. The topological polar surface area (TPSA) is 128 Å². The van der Waals surface area contributed by atoms with Crippen molar-refractivity contribution in [1.82, 2.24) is 9.97 Å². The molecule has 2 aliphatic rings. The van der Waals surface area contributed by atoms with Crippen LogP contribution in [0.15, 0.2) is 24.3 Å². The van der Waals surface area contributed by atoms with Crippen LogP contribution in [0.5, 0.6) is 11.9 Å². The minimum Gasteiger partial charge on any atom is -0.481 e. The number of nitrogens with zero attached hydrogens (tertiary/aromatic N) is 3. The van der Waals surface area contributed by atoms with E-state index in [1.54, 1.807) is 4.90 Å². The SMILES string of the molecule is CCCCCCOc1nc(N)c2c(n1)OCCN(c1ccc(C3CCC(CC(=O)O)CC3)cc1)C2=O. The van der Waals surface area contributed by atoms with Gasteiger partial charge in [0.1, 0.15) is 18.0 Å². The van der Waals surface area contributed by atoms with Crippen LogP contribution in [0, 0.1) is 5.92 Å². The Balaban J connectivity index is 1.42. The number of anilines is 2. The van der Waals surface area contributed by atoms with E-state index < -0.39 is 5.97 Å². The minimum absolute atomic E-state index is 0.0511. The molecule has 1 aliphatic carbocycles. The lowest BCUT2D eigenvalue weighted by Crippen LogP contribution is -2.32. The number of rotatable bonds is 10. The van der Waals surface area contributed by atoms with Gasteiger partial charge in [0.2, 0.25) is 5.88 Å². The molecule has 1 amide bonds. The molecule has 0 atom stereocenters. The number of carbonyl (C=O) groups is 2. The van der Waals surface area contributed by atoms with E-state index in [0.29, 0.717) is 19.1 Å². The van der Waals surface area contributed by atoms with Crippen LogP contribution in [0.1, 0.15) is 86.6 Å². The number of carboxylic acids is 1. The third-order valence-corrected chi connectivity index (χ3v) is 7.11. The van der Waals surface area contributed by atoms with Crippen molar-refractivity contribution in [3.8, 4) is 11.9 Å². The Hall–Kier alpha value is -3.36. The van der Waals surface area contributed by atoms with Crippen LogP contribution in [-0.4, -0.2) is 46.7 Å². The lowest BCUT2D eigenvalue weighted by atomic mass is 9.77. The van der Waals surface area contributed by atoms with Crippen molar-refractivity contribution in [1.29, 1.82) is 0 Å². The van der Waals surface area contributed by atoms with Crippen LogP contribution in [0.2, 0.25) is 0 Å². The summed E-state index contributed by atoms with van der Waals surface area (Å²) in [5.41, 5.74) is 8.30. The summed E-state index contributed by atoms with van der Waals surface area (Å²) in [7, 11) is 0. The average molecular weight is 497 g/mol. The first kappa shape index (κ1) is 25.7. The number of carboxylic acid groups (broad SMARTS) is 1. The molecule has 0 spiro atoms. The first-order valence-corrected chi connectivity index (χ1v) is 13.0. The number of aromatic nitrogens is 2. The summed E-state index contributed by atoms with van der Waals surface area (Å²) in [5.74, 6) is -0.113. The predicted molar refractivity (Wildman–Crippen MR) is 137 cm³/mol. The highest BCUT2D eigenvalue weighted by molar-refractivity contribution is 6.10. The lowest BCUT2D eigenvalue weighted by Gasteiger charge is -2.28. The summed E-state index contributed by atoms with van der Waals surface area (Å²) < 4.78 is 11.4. The summed E-state index contributed by atoms with van der Waals surface area (Å²) in [6.45, 7) is 3.29. The van der Waals surface area contributed by atoms with Gasteiger partial charge in [-0.3, -0.25) is 9.59 Å². The quantitative estimate of drug-likeness (QED) is 0.449. The van der Waals surface area contributed by atoms with Gasteiger partial charge in [-0.1, -0.05) is 38.3 Å². The van der Waals surface area contributed by atoms with Crippen LogP contribution >= 0.6 is 0 Å². The van der Waals surface area contributed by atoms with E-state index in [1.807, 2.05) is 12.1 Å². The van der Waals surface area contributed by atoms with Gasteiger partial charge in [-0.05, 0) is 61.6 Å². The second kappa shape index (κ2) is 12.1. The molecule has 4 rings (SSSR count). The highest BCUT2D eigenvalue weighted by atomic mass is 16.5. The smallest absolute Gasteiger partial charge is 0.321 e. The number of ether oxygens (including phenoxy) is 2. The number of fused-ring (bicyclic) bond motifs is 1. The van der Waals surface area contributed by atoms with Gasteiger partial charge in [0.15, 0.2) is 0 Å². The molecule has 1 aromatic carbocycles. The monoisotopic (exact) mass is 496 g/mol. The van der Waals surface area contributed by atoms with E-state index in [0.717, 1.165) is 57.1 Å². The van der Waals surface area contributed by atoms with Gasteiger partial charge < -0.3 is 25.2 Å². The van der Waals surface area contributed by atoms with E-state index in [9.17, 15) is 9.59 Å². The van der Waals surface area contributed by atoms with Crippen molar-refractivity contribution in [3.05, 3.63) is 35.4 Å². The van der Waals surface area contributed by atoms with Crippen molar-refractivity contribution < 1.29 is 24.2 Å². The van der Waals surface area contributed by atoms with E-state index >= 15 is 0 Å². The zero-order valence-corrected chi connectivity index (χ0v) is 20.9. The van der Waals surface area contributed by atoms with Crippen LogP contribution in [0.4, 0.5) is 11.5 Å². The maximum atomic E-state index is 13.4. The molecule has 1 aromatic heterocycles. The van der Waals surface area contributed by atoms with Crippen LogP contribution in [-0.2, 0) is 4.79 Å². The molecule has 1 aliphatic heterocycles. The van der Waals surface area contributed by atoms with Gasteiger partial charge in [0, 0.05) is 12.1 Å². The third kappa shape index (κ3) is 6.25. The fourth-order valence-corrected chi connectivity index (χ4v) is 5.09. The number of nitrogens with two attached hydrogens (primary N) is 1. The zero-order valence-electron chi connectivity index (χ0n) is 20.9. The number of benzene rings is 1. The first-order chi connectivity index (χ1) is 17.5. The molecule has 2 heterocycles. The molecule has 36 heavy (non-hydrogen) atoms. The van der Waals surface area contributed by atoms with Crippen molar-refractivity contribution >= 4 is 23.4 Å². The highest BCUT2D eigenvalue weighted by Gasteiger charge is 2.30. The lowest BCUT2D eigenvalue weighted by molar-refractivity contribution is -0.138. The van der Waals surface area contributed by atoms with Crippen LogP contribution in [0.25, 0.3) is 0 Å². The maximum absolute atomic E-state index is 13.4. The van der Waals surface area contributed by atoms with E-state index in [-0.39, 0.29) is 48.1 Å². The van der Waals surface area contributed by atoms with Crippen molar-refractivity contribution in [2.75, 3.05) is 30.4 Å². The highest BCUT2D eigenvalue weighted by Crippen LogP contribution is 2.38.